The third kappa shape index (κ3) is 3.37. The molecule has 1 saturated heterocycles. The van der Waals surface area contributed by atoms with Gasteiger partial charge in [-0.1, -0.05) is 37.1 Å². The largest absolute Gasteiger partial charge is 0.292 e. The second-order valence-corrected chi connectivity index (χ2v) is 5.78. The summed E-state index contributed by atoms with van der Waals surface area (Å²) in [5.74, 6) is 0.183. The van der Waals surface area contributed by atoms with Crippen LogP contribution in [0.15, 0.2) is 24.3 Å². The molecule has 2 nitrogen and oxygen atoms in total. The second kappa shape index (κ2) is 6.53. The van der Waals surface area contributed by atoms with Gasteiger partial charge in [0.1, 0.15) is 0 Å². The van der Waals surface area contributed by atoms with Gasteiger partial charge in [0.05, 0.1) is 6.04 Å². The molecule has 0 N–H and O–H groups in total. The smallest absolute Gasteiger partial charge is 0.179 e. The topological polar surface area (TPSA) is 20.3 Å². The van der Waals surface area contributed by atoms with Crippen molar-refractivity contribution in [3.63, 3.8) is 0 Å². The van der Waals surface area contributed by atoms with E-state index in [1.807, 2.05) is 19.1 Å². The van der Waals surface area contributed by atoms with Crippen LogP contribution in [-0.4, -0.2) is 29.3 Å². The Morgan fingerprint density at radius 3 is 2.95 bits per heavy atom. The number of carbonyl (C=O) groups excluding carboxylic acids is 1. The van der Waals surface area contributed by atoms with E-state index in [1.54, 1.807) is 12.1 Å². The molecule has 2 atom stereocenters. The molecular formula is C16H22ClNO. The maximum Gasteiger partial charge on any atom is 0.179 e. The van der Waals surface area contributed by atoms with E-state index in [-0.39, 0.29) is 11.8 Å². The Morgan fingerprint density at radius 1 is 1.47 bits per heavy atom. The number of carbonyl (C=O) groups is 1. The summed E-state index contributed by atoms with van der Waals surface area (Å²) in [5, 5.41) is 0.628. The Balaban J connectivity index is 2.13. The summed E-state index contributed by atoms with van der Waals surface area (Å²) >= 11 is 5.97. The number of hydrogen-bond acceptors (Lipinski definition) is 2. The number of benzene rings is 1. The van der Waals surface area contributed by atoms with Crippen LogP contribution >= 0.6 is 11.6 Å². The third-order valence-electron chi connectivity index (χ3n) is 4.13. The molecule has 0 bridgehead atoms. The van der Waals surface area contributed by atoms with E-state index in [1.165, 1.54) is 19.3 Å². The SMILES string of the molecule is CCC1CCCCN1C(C)C(=O)c1cccc(Cl)c1. The molecule has 0 spiro atoms. The van der Waals surface area contributed by atoms with Crippen molar-refractivity contribution in [1.82, 2.24) is 4.90 Å². The average molecular weight is 280 g/mol. The van der Waals surface area contributed by atoms with Gasteiger partial charge in [0.25, 0.3) is 0 Å². The molecule has 0 saturated carbocycles. The van der Waals surface area contributed by atoms with Crippen LogP contribution in [0, 0.1) is 0 Å². The van der Waals surface area contributed by atoms with Crippen molar-refractivity contribution in [2.45, 2.75) is 51.6 Å². The van der Waals surface area contributed by atoms with Gasteiger partial charge in [0, 0.05) is 16.6 Å². The Bertz CT molecular complexity index is 446. The molecule has 1 aromatic rings. The zero-order valence-electron chi connectivity index (χ0n) is 11.7. The third-order valence-corrected chi connectivity index (χ3v) is 4.37. The van der Waals surface area contributed by atoms with E-state index in [0.29, 0.717) is 11.1 Å². The first-order valence-electron chi connectivity index (χ1n) is 7.19. The highest BCUT2D eigenvalue weighted by Gasteiger charge is 2.29. The highest BCUT2D eigenvalue weighted by atomic mass is 35.5. The van der Waals surface area contributed by atoms with E-state index >= 15 is 0 Å². The Morgan fingerprint density at radius 2 is 2.26 bits per heavy atom. The zero-order valence-corrected chi connectivity index (χ0v) is 12.5. The number of piperidine rings is 1. The first-order valence-corrected chi connectivity index (χ1v) is 7.56. The number of rotatable bonds is 4. The maximum atomic E-state index is 12.6. The van der Waals surface area contributed by atoms with Crippen LogP contribution in [0.4, 0.5) is 0 Å². The van der Waals surface area contributed by atoms with Gasteiger partial charge in [-0.2, -0.15) is 0 Å². The molecule has 0 aliphatic carbocycles. The first-order chi connectivity index (χ1) is 9.13. The van der Waals surface area contributed by atoms with Crippen molar-refractivity contribution in [2.24, 2.45) is 0 Å². The van der Waals surface area contributed by atoms with Gasteiger partial charge in [-0.05, 0) is 44.9 Å². The highest BCUT2D eigenvalue weighted by molar-refractivity contribution is 6.31. The lowest BCUT2D eigenvalue weighted by molar-refractivity contribution is 0.0661. The van der Waals surface area contributed by atoms with Crippen LogP contribution in [0.5, 0.6) is 0 Å². The minimum absolute atomic E-state index is 0.0521. The summed E-state index contributed by atoms with van der Waals surface area (Å²) in [6.07, 6.45) is 4.81. The molecule has 0 aromatic heterocycles. The molecule has 0 amide bonds. The van der Waals surface area contributed by atoms with Crippen LogP contribution < -0.4 is 0 Å². The fourth-order valence-electron chi connectivity index (χ4n) is 3.00. The molecule has 19 heavy (non-hydrogen) atoms. The van der Waals surface area contributed by atoms with Crippen LogP contribution in [0.2, 0.25) is 5.02 Å². The first kappa shape index (κ1) is 14.5. The zero-order chi connectivity index (χ0) is 13.8. The maximum absolute atomic E-state index is 12.6. The summed E-state index contributed by atoms with van der Waals surface area (Å²) in [5.41, 5.74) is 0.723. The van der Waals surface area contributed by atoms with Crippen LogP contribution in [-0.2, 0) is 0 Å². The standard InChI is InChI=1S/C16H22ClNO/c1-3-15-9-4-5-10-18(15)12(2)16(19)13-7-6-8-14(17)11-13/h6-8,11-12,15H,3-5,9-10H2,1-2H3. The Kier molecular flexibility index (Phi) is 5.00. The van der Waals surface area contributed by atoms with Gasteiger partial charge in [0.15, 0.2) is 5.78 Å². The normalized spacial score (nSPS) is 22.2. The summed E-state index contributed by atoms with van der Waals surface area (Å²) in [7, 11) is 0. The predicted octanol–water partition coefficient (Wildman–Crippen LogP) is 4.18. The van der Waals surface area contributed by atoms with Crippen molar-refractivity contribution in [2.75, 3.05) is 6.54 Å². The van der Waals surface area contributed by atoms with Gasteiger partial charge in [0.2, 0.25) is 0 Å². The average Bonchev–Trinajstić information content (AvgIpc) is 2.45. The number of likely N-dealkylation sites (tertiary alicyclic amines) is 1. The number of hydrogen-bond donors (Lipinski definition) is 0. The van der Waals surface area contributed by atoms with E-state index < -0.39 is 0 Å². The lowest BCUT2D eigenvalue weighted by atomic mass is 9.95. The van der Waals surface area contributed by atoms with Gasteiger partial charge in [-0.3, -0.25) is 9.69 Å². The molecule has 1 aliphatic heterocycles. The van der Waals surface area contributed by atoms with Gasteiger partial charge in [-0.15, -0.1) is 0 Å². The molecule has 1 fully saturated rings. The number of nitrogens with zero attached hydrogens (tertiary/aromatic N) is 1. The van der Waals surface area contributed by atoms with E-state index in [9.17, 15) is 4.79 Å². The molecule has 2 unspecified atom stereocenters. The van der Waals surface area contributed by atoms with Gasteiger partial charge >= 0.3 is 0 Å². The molecule has 1 heterocycles. The Labute approximate surface area is 120 Å². The minimum atomic E-state index is -0.0521. The molecule has 1 aliphatic rings. The highest BCUT2D eigenvalue weighted by Crippen LogP contribution is 2.24. The van der Waals surface area contributed by atoms with Crippen LogP contribution in [0.25, 0.3) is 0 Å². The predicted molar refractivity (Wildman–Crippen MR) is 79.9 cm³/mol. The number of Topliss-reactive ketones (excluding diaryl/α,β-unsaturated/α-hetero) is 1. The van der Waals surface area contributed by atoms with E-state index in [2.05, 4.69) is 11.8 Å². The second-order valence-electron chi connectivity index (χ2n) is 5.35. The van der Waals surface area contributed by atoms with E-state index in [4.69, 9.17) is 11.6 Å². The molecule has 3 heteroatoms. The van der Waals surface area contributed by atoms with Crippen molar-refractivity contribution >= 4 is 17.4 Å². The fourth-order valence-corrected chi connectivity index (χ4v) is 3.20. The number of ketones is 1. The van der Waals surface area contributed by atoms with Crippen LogP contribution in [0.1, 0.15) is 49.9 Å². The van der Waals surface area contributed by atoms with Crippen LogP contribution in [0.3, 0.4) is 0 Å². The van der Waals surface area contributed by atoms with Crippen molar-refractivity contribution < 1.29 is 4.79 Å². The summed E-state index contributed by atoms with van der Waals surface area (Å²) in [4.78, 5) is 14.9. The molecule has 2 rings (SSSR count). The molecule has 0 radical (unpaired) electrons. The lowest BCUT2D eigenvalue weighted by Gasteiger charge is -2.38. The van der Waals surface area contributed by atoms with Crippen molar-refractivity contribution in [1.29, 1.82) is 0 Å². The Hall–Kier alpha value is -0.860. The van der Waals surface area contributed by atoms with Gasteiger partial charge in [-0.25, -0.2) is 0 Å². The summed E-state index contributed by atoms with van der Waals surface area (Å²) in [6.45, 7) is 5.27. The quantitative estimate of drug-likeness (QED) is 0.771. The molecular weight excluding hydrogens is 258 g/mol. The van der Waals surface area contributed by atoms with Gasteiger partial charge < -0.3 is 0 Å². The lowest BCUT2D eigenvalue weighted by Crippen LogP contribution is -2.48. The minimum Gasteiger partial charge on any atom is -0.292 e. The summed E-state index contributed by atoms with van der Waals surface area (Å²) < 4.78 is 0. The van der Waals surface area contributed by atoms with E-state index in [0.717, 1.165) is 18.5 Å². The molecule has 1 aromatic carbocycles. The summed E-state index contributed by atoms with van der Waals surface area (Å²) in [6, 6.07) is 7.77. The monoisotopic (exact) mass is 279 g/mol. The fraction of sp³-hybridized carbons (Fsp3) is 0.562. The van der Waals surface area contributed by atoms with Crippen molar-refractivity contribution in [3.8, 4) is 0 Å². The molecule has 104 valence electrons. The number of halogens is 1. The van der Waals surface area contributed by atoms with Crippen molar-refractivity contribution in [3.05, 3.63) is 34.9 Å².